The van der Waals surface area contributed by atoms with Crippen LogP contribution < -0.4 is 16.4 Å². The summed E-state index contributed by atoms with van der Waals surface area (Å²) in [5, 5.41) is 22.4. The first kappa shape index (κ1) is 22.7. The van der Waals surface area contributed by atoms with Crippen LogP contribution in [0.5, 0.6) is 0 Å². The first-order valence-corrected chi connectivity index (χ1v) is 8.94. The van der Waals surface area contributed by atoms with Gasteiger partial charge in [0.2, 0.25) is 17.7 Å². The van der Waals surface area contributed by atoms with Gasteiger partial charge in [-0.05, 0) is 19.8 Å². The molecule has 4 unspecified atom stereocenters. The van der Waals surface area contributed by atoms with Crippen molar-refractivity contribution in [3.8, 4) is 0 Å². The maximum Gasteiger partial charge on any atom is 0.326 e. The molecule has 152 valence electrons. The van der Waals surface area contributed by atoms with E-state index < -0.39 is 60.2 Å². The summed E-state index contributed by atoms with van der Waals surface area (Å²) in [5.41, 5.74) is 5.54. The number of hydrogen-bond donors (Lipinski definition) is 6. The zero-order chi connectivity index (χ0) is 20.7. The van der Waals surface area contributed by atoms with Crippen LogP contribution in [0.4, 0.5) is 0 Å². The van der Waals surface area contributed by atoms with E-state index in [1.165, 1.54) is 11.8 Å². The number of thiol groups is 1. The lowest BCUT2D eigenvalue weighted by Crippen LogP contribution is -2.56. The Morgan fingerprint density at radius 3 is 2.37 bits per heavy atom. The molecule has 1 rings (SSSR count). The quantitative estimate of drug-likeness (QED) is 0.234. The van der Waals surface area contributed by atoms with Crippen molar-refractivity contribution in [1.29, 1.82) is 0 Å². The third-order valence-electron chi connectivity index (χ3n) is 4.09. The average Bonchev–Trinajstić information content (AvgIpc) is 3.08. The molecule has 0 aliphatic carbocycles. The first-order valence-electron chi connectivity index (χ1n) is 8.30. The van der Waals surface area contributed by atoms with Crippen molar-refractivity contribution in [3.05, 3.63) is 0 Å². The van der Waals surface area contributed by atoms with Crippen molar-refractivity contribution in [2.45, 2.75) is 50.4 Å². The fourth-order valence-electron chi connectivity index (χ4n) is 2.66. The van der Waals surface area contributed by atoms with E-state index in [1.54, 1.807) is 0 Å². The Balaban J connectivity index is 2.77. The van der Waals surface area contributed by atoms with Gasteiger partial charge in [0, 0.05) is 12.3 Å². The molecule has 0 saturated carbocycles. The van der Waals surface area contributed by atoms with E-state index >= 15 is 0 Å². The Labute approximate surface area is 161 Å². The van der Waals surface area contributed by atoms with Crippen molar-refractivity contribution in [2.75, 3.05) is 12.3 Å². The van der Waals surface area contributed by atoms with E-state index in [0.29, 0.717) is 12.8 Å². The van der Waals surface area contributed by atoms with Gasteiger partial charge in [-0.25, -0.2) is 4.79 Å². The molecule has 6 N–H and O–H groups in total. The van der Waals surface area contributed by atoms with E-state index in [0.717, 1.165) is 0 Å². The molecule has 0 aromatic rings. The minimum absolute atomic E-state index is 0.0989. The van der Waals surface area contributed by atoms with E-state index in [-0.39, 0.29) is 12.3 Å². The van der Waals surface area contributed by atoms with Crippen LogP contribution in [0.2, 0.25) is 0 Å². The minimum atomic E-state index is -1.60. The SMILES string of the molecule is CC(NC(=O)C(N)CS)C(=O)N1CCCC1C(=O)NC(CC(=O)O)C(=O)O. The molecule has 0 bridgehead atoms. The third-order valence-corrected chi connectivity index (χ3v) is 4.49. The fourth-order valence-corrected chi connectivity index (χ4v) is 2.83. The largest absolute Gasteiger partial charge is 0.481 e. The molecule has 1 aliphatic rings. The Bertz CT molecular complexity index is 615. The number of carboxylic acid groups (broad SMARTS) is 2. The predicted octanol–water partition coefficient (Wildman–Crippen LogP) is -2.22. The Kier molecular flexibility index (Phi) is 8.50. The fraction of sp³-hybridized carbons (Fsp3) is 0.667. The van der Waals surface area contributed by atoms with Gasteiger partial charge in [0.25, 0.3) is 0 Å². The summed E-state index contributed by atoms with van der Waals surface area (Å²) in [6.45, 7) is 1.70. The van der Waals surface area contributed by atoms with Gasteiger partial charge in [0.15, 0.2) is 0 Å². The topological polar surface area (TPSA) is 179 Å². The maximum absolute atomic E-state index is 12.6. The van der Waals surface area contributed by atoms with Crippen molar-refractivity contribution in [2.24, 2.45) is 5.73 Å². The highest BCUT2D eigenvalue weighted by molar-refractivity contribution is 7.80. The molecule has 0 spiro atoms. The number of aliphatic carboxylic acids is 2. The summed E-state index contributed by atoms with van der Waals surface area (Å²) >= 11 is 3.91. The van der Waals surface area contributed by atoms with Gasteiger partial charge in [-0.15, -0.1) is 0 Å². The van der Waals surface area contributed by atoms with Gasteiger partial charge in [0.05, 0.1) is 12.5 Å². The molecule has 11 nitrogen and oxygen atoms in total. The van der Waals surface area contributed by atoms with E-state index in [4.69, 9.17) is 15.9 Å². The lowest BCUT2D eigenvalue weighted by atomic mass is 10.1. The number of amides is 3. The summed E-state index contributed by atoms with van der Waals surface area (Å²) in [6.07, 6.45) is 0.0287. The number of carbonyl (C=O) groups excluding carboxylic acids is 3. The summed E-state index contributed by atoms with van der Waals surface area (Å²) in [7, 11) is 0. The van der Waals surface area contributed by atoms with Gasteiger partial charge >= 0.3 is 11.9 Å². The highest BCUT2D eigenvalue weighted by atomic mass is 32.1. The second kappa shape index (κ2) is 10.1. The lowest BCUT2D eigenvalue weighted by molar-refractivity contribution is -0.148. The molecule has 4 atom stereocenters. The van der Waals surface area contributed by atoms with Crippen LogP contribution in [0, 0.1) is 0 Å². The highest BCUT2D eigenvalue weighted by Gasteiger charge is 2.38. The van der Waals surface area contributed by atoms with Gasteiger partial charge in [0.1, 0.15) is 18.1 Å². The van der Waals surface area contributed by atoms with Crippen LogP contribution in [0.1, 0.15) is 26.2 Å². The molecule has 12 heteroatoms. The molecule has 27 heavy (non-hydrogen) atoms. The van der Waals surface area contributed by atoms with Gasteiger partial charge in [-0.2, -0.15) is 12.6 Å². The Hall–Kier alpha value is -2.34. The van der Waals surface area contributed by atoms with Crippen LogP contribution in [0.15, 0.2) is 0 Å². The van der Waals surface area contributed by atoms with Gasteiger partial charge < -0.3 is 31.5 Å². The summed E-state index contributed by atoms with van der Waals surface area (Å²) in [6, 6.07) is -4.36. The normalized spacial score (nSPS) is 19.7. The molecule has 1 heterocycles. The summed E-state index contributed by atoms with van der Waals surface area (Å²) in [4.78, 5) is 59.8. The number of rotatable bonds is 9. The lowest BCUT2D eigenvalue weighted by Gasteiger charge is -2.28. The van der Waals surface area contributed by atoms with E-state index in [1.807, 2.05) is 0 Å². The number of nitrogens with two attached hydrogens (primary N) is 1. The van der Waals surface area contributed by atoms with Crippen LogP contribution in [-0.2, 0) is 24.0 Å². The summed E-state index contributed by atoms with van der Waals surface area (Å²) < 4.78 is 0. The van der Waals surface area contributed by atoms with E-state index in [2.05, 4.69) is 23.3 Å². The van der Waals surface area contributed by atoms with Crippen LogP contribution >= 0.6 is 12.6 Å². The van der Waals surface area contributed by atoms with Crippen LogP contribution in [0.25, 0.3) is 0 Å². The number of hydrogen-bond acceptors (Lipinski definition) is 7. The smallest absolute Gasteiger partial charge is 0.326 e. The Morgan fingerprint density at radius 1 is 1.22 bits per heavy atom. The van der Waals surface area contributed by atoms with Crippen molar-refractivity contribution in [1.82, 2.24) is 15.5 Å². The first-order chi connectivity index (χ1) is 12.6. The van der Waals surface area contributed by atoms with Crippen LogP contribution in [0.3, 0.4) is 0 Å². The number of nitrogens with one attached hydrogen (secondary N) is 2. The molecule has 0 radical (unpaired) electrons. The average molecular weight is 404 g/mol. The van der Waals surface area contributed by atoms with Gasteiger partial charge in [-0.3, -0.25) is 19.2 Å². The zero-order valence-electron chi connectivity index (χ0n) is 14.8. The highest BCUT2D eigenvalue weighted by Crippen LogP contribution is 2.19. The molecule has 0 aromatic carbocycles. The number of carboxylic acids is 2. The number of nitrogens with zero attached hydrogens (tertiary/aromatic N) is 1. The molecule has 3 amide bonds. The predicted molar refractivity (Wildman–Crippen MR) is 96.0 cm³/mol. The molecular formula is C15H24N4O7S. The molecule has 0 aromatic heterocycles. The molecule has 1 saturated heterocycles. The van der Waals surface area contributed by atoms with Crippen molar-refractivity contribution in [3.63, 3.8) is 0 Å². The minimum Gasteiger partial charge on any atom is -0.481 e. The molecule has 1 aliphatic heterocycles. The third kappa shape index (κ3) is 6.40. The second-order valence-electron chi connectivity index (χ2n) is 6.21. The Morgan fingerprint density at radius 2 is 1.85 bits per heavy atom. The van der Waals surface area contributed by atoms with Crippen LogP contribution in [-0.4, -0.2) is 81.2 Å². The summed E-state index contributed by atoms with van der Waals surface area (Å²) in [5.74, 6) is -4.58. The molecule has 1 fully saturated rings. The second-order valence-corrected chi connectivity index (χ2v) is 6.57. The van der Waals surface area contributed by atoms with Gasteiger partial charge in [-0.1, -0.05) is 0 Å². The monoisotopic (exact) mass is 404 g/mol. The number of likely N-dealkylation sites (tertiary alicyclic amines) is 1. The van der Waals surface area contributed by atoms with E-state index in [9.17, 15) is 24.0 Å². The van der Waals surface area contributed by atoms with Crippen molar-refractivity contribution >= 4 is 42.3 Å². The maximum atomic E-state index is 12.6. The number of carbonyl (C=O) groups is 5. The zero-order valence-corrected chi connectivity index (χ0v) is 15.6. The standard InChI is InChI=1S/C15H24N4O7S/c1-7(17-12(22)8(16)6-27)14(24)19-4-2-3-10(19)13(23)18-9(15(25)26)5-11(20)21/h7-10,27H,2-6,16H2,1H3,(H,17,22)(H,18,23)(H,20,21)(H,25,26). The molecular weight excluding hydrogens is 380 g/mol. The van der Waals surface area contributed by atoms with Crippen molar-refractivity contribution < 1.29 is 34.2 Å².